The fourth-order valence-electron chi connectivity index (χ4n) is 3.02. The molecule has 3 rings (SSSR count). The maximum atomic E-state index is 12.5. The van der Waals surface area contributed by atoms with Crippen LogP contribution in [0.3, 0.4) is 0 Å². The number of nitrogens with one attached hydrogen (secondary N) is 3. The highest BCUT2D eigenvalue weighted by atomic mass is 32.2. The molecule has 188 valence electrons. The molecule has 2 amide bonds. The number of ether oxygens (including phenoxy) is 2. The number of carbonyl (C=O) groups is 3. The van der Waals surface area contributed by atoms with E-state index in [4.69, 9.17) is 9.47 Å². The number of amides is 2. The summed E-state index contributed by atoms with van der Waals surface area (Å²) >= 11 is 0. The number of benzene rings is 3. The third kappa shape index (κ3) is 8.13. The molecule has 0 spiro atoms. The number of carbonyl (C=O) groups excluding carboxylic acids is 3. The van der Waals surface area contributed by atoms with E-state index in [1.54, 1.807) is 31.2 Å². The lowest BCUT2D eigenvalue weighted by Gasteiger charge is -2.09. The zero-order valence-electron chi connectivity index (χ0n) is 19.6. The average molecular weight is 512 g/mol. The van der Waals surface area contributed by atoms with E-state index < -0.39 is 16.2 Å². The molecule has 11 heteroatoms. The van der Waals surface area contributed by atoms with Gasteiger partial charge in [-0.2, -0.15) is 0 Å². The van der Waals surface area contributed by atoms with E-state index in [0.717, 1.165) is 11.8 Å². The number of anilines is 2. The summed E-state index contributed by atoms with van der Waals surface area (Å²) in [6, 6.07) is 19.1. The van der Waals surface area contributed by atoms with Gasteiger partial charge >= 0.3 is 6.16 Å². The van der Waals surface area contributed by atoms with Crippen LogP contribution in [0.1, 0.15) is 33.2 Å². The highest BCUT2D eigenvalue weighted by Gasteiger charge is 2.10. The van der Waals surface area contributed by atoms with Gasteiger partial charge in [-0.1, -0.05) is 12.1 Å². The Morgan fingerprint density at radius 1 is 0.778 bits per heavy atom. The van der Waals surface area contributed by atoms with Crippen molar-refractivity contribution in [1.29, 1.82) is 0 Å². The van der Waals surface area contributed by atoms with Crippen molar-refractivity contribution in [3.63, 3.8) is 0 Å². The Morgan fingerprint density at radius 2 is 1.33 bits per heavy atom. The number of sulfonamides is 1. The Balaban J connectivity index is 1.50. The van der Waals surface area contributed by atoms with Crippen LogP contribution in [-0.2, 0) is 21.3 Å². The van der Waals surface area contributed by atoms with Crippen molar-refractivity contribution in [2.75, 3.05) is 22.9 Å². The maximum Gasteiger partial charge on any atom is 0.513 e. The predicted octanol–water partition coefficient (Wildman–Crippen LogP) is 3.78. The molecule has 0 radical (unpaired) electrons. The summed E-state index contributed by atoms with van der Waals surface area (Å²) in [7, 11) is -3.39. The van der Waals surface area contributed by atoms with E-state index >= 15 is 0 Å². The van der Waals surface area contributed by atoms with E-state index in [1.807, 2.05) is 0 Å². The van der Waals surface area contributed by atoms with Gasteiger partial charge in [0.25, 0.3) is 11.8 Å². The molecule has 3 aromatic rings. The van der Waals surface area contributed by atoms with Crippen LogP contribution in [0.2, 0.25) is 0 Å². The molecule has 3 N–H and O–H groups in total. The van der Waals surface area contributed by atoms with Gasteiger partial charge in [0.2, 0.25) is 10.0 Å². The van der Waals surface area contributed by atoms with Crippen molar-refractivity contribution in [1.82, 2.24) is 5.32 Å². The molecule has 0 aliphatic rings. The molecule has 0 aliphatic heterocycles. The van der Waals surface area contributed by atoms with Gasteiger partial charge in [0.15, 0.2) is 0 Å². The Labute approximate surface area is 208 Å². The first-order chi connectivity index (χ1) is 17.1. The number of hydrogen-bond acceptors (Lipinski definition) is 7. The van der Waals surface area contributed by atoms with Crippen molar-refractivity contribution in [3.8, 4) is 5.75 Å². The van der Waals surface area contributed by atoms with Crippen LogP contribution < -0.4 is 20.1 Å². The second kappa shape index (κ2) is 11.8. The average Bonchev–Trinajstić information content (AvgIpc) is 2.83. The molecule has 0 atom stereocenters. The van der Waals surface area contributed by atoms with Crippen LogP contribution in [0, 0.1) is 0 Å². The summed E-state index contributed by atoms with van der Waals surface area (Å²) in [6.45, 7) is 2.13. The second-order valence-electron chi connectivity index (χ2n) is 7.59. The second-order valence-corrected chi connectivity index (χ2v) is 9.34. The third-order valence-electron chi connectivity index (χ3n) is 4.70. The van der Waals surface area contributed by atoms with Crippen molar-refractivity contribution in [3.05, 3.63) is 89.5 Å². The predicted molar refractivity (Wildman–Crippen MR) is 135 cm³/mol. The topological polar surface area (TPSA) is 140 Å². The Bertz CT molecular complexity index is 1320. The first-order valence-corrected chi connectivity index (χ1v) is 12.7. The van der Waals surface area contributed by atoms with Gasteiger partial charge < -0.3 is 20.1 Å². The zero-order chi connectivity index (χ0) is 26.1. The number of rotatable bonds is 9. The highest BCUT2D eigenvalue weighted by molar-refractivity contribution is 7.92. The monoisotopic (exact) mass is 511 g/mol. The molecule has 0 aliphatic carbocycles. The molecule has 0 heterocycles. The van der Waals surface area contributed by atoms with E-state index in [2.05, 4.69) is 15.4 Å². The van der Waals surface area contributed by atoms with E-state index in [0.29, 0.717) is 22.5 Å². The van der Waals surface area contributed by atoms with Gasteiger partial charge in [-0.15, -0.1) is 0 Å². The van der Waals surface area contributed by atoms with Gasteiger partial charge in [-0.05, 0) is 73.2 Å². The SMILES string of the molecule is CCOC(=O)Oc1ccc(C(=O)Nc2ccc(CNC(=O)c3ccc(NS(C)(=O)=O)cc3)cc2)cc1. The molecular formula is C25H25N3O7S. The third-order valence-corrected chi connectivity index (χ3v) is 5.30. The summed E-state index contributed by atoms with van der Waals surface area (Å²) in [5.41, 5.74) is 2.51. The van der Waals surface area contributed by atoms with E-state index in [-0.39, 0.29) is 30.7 Å². The van der Waals surface area contributed by atoms with Crippen molar-refractivity contribution in [2.24, 2.45) is 0 Å². The van der Waals surface area contributed by atoms with Gasteiger partial charge in [-0.3, -0.25) is 14.3 Å². The zero-order valence-corrected chi connectivity index (χ0v) is 20.4. The van der Waals surface area contributed by atoms with Crippen LogP contribution in [0.15, 0.2) is 72.8 Å². The molecule has 0 aromatic heterocycles. The smallest absolute Gasteiger partial charge is 0.434 e. The van der Waals surface area contributed by atoms with Crippen LogP contribution in [0.25, 0.3) is 0 Å². The quantitative estimate of drug-likeness (QED) is 0.293. The molecule has 0 bridgehead atoms. The minimum atomic E-state index is -3.39. The molecule has 0 fully saturated rings. The van der Waals surface area contributed by atoms with E-state index in [1.165, 1.54) is 48.5 Å². The summed E-state index contributed by atoms with van der Waals surface area (Å²) in [4.78, 5) is 36.2. The molecule has 0 saturated carbocycles. The summed E-state index contributed by atoms with van der Waals surface area (Å²) in [5, 5.41) is 5.56. The molecule has 0 saturated heterocycles. The molecule has 36 heavy (non-hydrogen) atoms. The van der Waals surface area contributed by atoms with Crippen molar-refractivity contribution >= 4 is 39.4 Å². The van der Waals surface area contributed by atoms with Crippen LogP contribution in [-0.4, -0.2) is 39.3 Å². The van der Waals surface area contributed by atoms with Gasteiger partial charge in [-0.25, -0.2) is 13.2 Å². The van der Waals surface area contributed by atoms with Crippen LogP contribution in [0.5, 0.6) is 5.75 Å². The normalized spacial score (nSPS) is 10.7. The van der Waals surface area contributed by atoms with Gasteiger partial charge in [0, 0.05) is 29.0 Å². The van der Waals surface area contributed by atoms with Crippen molar-refractivity contribution in [2.45, 2.75) is 13.5 Å². The lowest BCUT2D eigenvalue weighted by molar-refractivity contribution is 0.0949. The van der Waals surface area contributed by atoms with Gasteiger partial charge in [0.1, 0.15) is 5.75 Å². The Morgan fingerprint density at radius 3 is 1.92 bits per heavy atom. The maximum absolute atomic E-state index is 12.5. The first kappa shape index (κ1) is 26.2. The fourth-order valence-corrected chi connectivity index (χ4v) is 3.58. The summed E-state index contributed by atoms with van der Waals surface area (Å²) in [5.74, 6) is -0.390. The molecular weight excluding hydrogens is 486 g/mol. The first-order valence-electron chi connectivity index (χ1n) is 10.8. The van der Waals surface area contributed by atoms with Crippen molar-refractivity contribution < 1.29 is 32.3 Å². The Hall–Kier alpha value is -4.38. The highest BCUT2D eigenvalue weighted by Crippen LogP contribution is 2.16. The fraction of sp³-hybridized carbons (Fsp3) is 0.160. The standard InChI is InChI=1S/C25H25N3O7S/c1-3-34-25(31)35-22-14-8-19(9-15-22)24(30)27-20-10-4-17(5-11-20)16-26-23(29)18-6-12-21(13-7-18)28-36(2,32)33/h4-15,28H,3,16H2,1-2H3,(H,26,29)(H,27,30). The molecule has 10 nitrogen and oxygen atoms in total. The summed E-state index contributed by atoms with van der Waals surface area (Å²) in [6.07, 6.45) is 0.234. The van der Waals surface area contributed by atoms with Crippen LogP contribution >= 0.6 is 0 Å². The van der Waals surface area contributed by atoms with E-state index in [9.17, 15) is 22.8 Å². The summed E-state index contributed by atoms with van der Waals surface area (Å²) < 4.78 is 34.5. The molecule has 0 unspecified atom stereocenters. The molecule has 3 aromatic carbocycles. The minimum absolute atomic E-state index is 0.200. The van der Waals surface area contributed by atoms with Gasteiger partial charge in [0.05, 0.1) is 12.9 Å². The van der Waals surface area contributed by atoms with Crippen LogP contribution in [0.4, 0.5) is 16.2 Å². The lowest BCUT2D eigenvalue weighted by Crippen LogP contribution is -2.22. The largest absolute Gasteiger partial charge is 0.513 e. The lowest BCUT2D eigenvalue weighted by atomic mass is 10.1. The number of hydrogen-bond donors (Lipinski definition) is 3. The minimum Gasteiger partial charge on any atom is -0.434 e. The Kier molecular flexibility index (Phi) is 8.63.